The molecule has 2 rings (SSSR count). The number of anilines is 1. The molecule has 0 unspecified atom stereocenters. The molecule has 0 aliphatic carbocycles. The van der Waals surface area contributed by atoms with Gasteiger partial charge in [0.1, 0.15) is 17.2 Å². The highest BCUT2D eigenvalue weighted by Gasteiger charge is 2.19. The summed E-state index contributed by atoms with van der Waals surface area (Å²) in [6.45, 7) is 0.239. The first-order chi connectivity index (χ1) is 11.5. The number of rotatable bonds is 7. The summed E-state index contributed by atoms with van der Waals surface area (Å²) < 4.78 is 28.9. The summed E-state index contributed by atoms with van der Waals surface area (Å²) in [6, 6.07) is 7.31. The molecule has 0 saturated heterocycles. The Balaban J connectivity index is 2.30. The van der Waals surface area contributed by atoms with Gasteiger partial charge in [-0.3, -0.25) is 10.1 Å². The summed E-state index contributed by atoms with van der Waals surface area (Å²) in [5.74, 6) is 0.324. The predicted octanol–water partition coefficient (Wildman–Crippen LogP) is 3.37. The summed E-state index contributed by atoms with van der Waals surface area (Å²) in [4.78, 5) is 10.5. The third kappa shape index (κ3) is 3.65. The Hall–Kier alpha value is -3.03. The Bertz CT molecular complexity index is 751. The molecule has 0 spiro atoms. The van der Waals surface area contributed by atoms with Crippen LogP contribution in [0.3, 0.4) is 0 Å². The number of hydrogen-bond donors (Lipinski definition) is 1. The van der Waals surface area contributed by atoms with E-state index in [-0.39, 0.29) is 23.7 Å². The van der Waals surface area contributed by atoms with Gasteiger partial charge in [-0.25, -0.2) is 4.39 Å². The van der Waals surface area contributed by atoms with Crippen LogP contribution in [0.4, 0.5) is 15.8 Å². The molecule has 0 aliphatic heterocycles. The van der Waals surface area contributed by atoms with Crippen molar-refractivity contribution in [2.45, 2.75) is 6.54 Å². The third-order valence-corrected chi connectivity index (χ3v) is 3.43. The number of hydrogen-bond acceptors (Lipinski definition) is 6. The van der Waals surface area contributed by atoms with Crippen LogP contribution in [0.15, 0.2) is 30.3 Å². The first-order valence-electron chi connectivity index (χ1n) is 6.96. The minimum atomic E-state index is -0.795. The fourth-order valence-corrected chi connectivity index (χ4v) is 2.18. The van der Waals surface area contributed by atoms with E-state index in [1.54, 1.807) is 25.3 Å². The average molecular weight is 336 g/mol. The van der Waals surface area contributed by atoms with Crippen LogP contribution in [0.2, 0.25) is 0 Å². The highest BCUT2D eigenvalue weighted by molar-refractivity contribution is 5.65. The fourth-order valence-electron chi connectivity index (χ4n) is 2.18. The first kappa shape index (κ1) is 17.3. The summed E-state index contributed by atoms with van der Waals surface area (Å²) in [5.41, 5.74) is 0.535. The molecule has 2 aromatic rings. The van der Waals surface area contributed by atoms with Gasteiger partial charge in [-0.05, 0) is 12.1 Å². The number of nitro benzene ring substituents is 1. The topological polar surface area (TPSA) is 82.9 Å². The number of methoxy groups -OCH3 is 3. The van der Waals surface area contributed by atoms with Gasteiger partial charge in [0.2, 0.25) is 0 Å². The number of ether oxygens (including phenoxy) is 3. The van der Waals surface area contributed by atoms with Crippen molar-refractivity contribution in [1.29, 1.82) is 0 Å². The van der Waals surface area contributed by atoms with Crippen molar-refractivity contribution >= 4 is 11.4 Å². The smallest absolute Gasteiger partial charge is 0.295 e. The molecule has 0 amide bonds. The lowest BCUT2D eigenvalue weighted by atomic mass is 10.1. The minimum absolute atomic E-state index is 0.0789. The summed E-state index contributed by atoms with van der Waals surface area (Å²) in [7, 11) is 4.35. The normalized spacial score (nSPS) is 10.2. The Morgan fingerprint density at radius 3 is 2.38 bits per heavy atom. The van der Waals surface area contributed by atoms with Crippen LogP contribution in [-0.2, 0) is 6.54 Å². The largest absolute Gasteiger partial charge is 0.497 e. The maximum absolute atomic E-state index is 13.7. The second-order valence-electron chi connectivity index (χ2n) is 4.79. The van der Waals surface area contributed by atoms with Crippen molar-refractivity contribution in [2.75, 3.05) is 26.6 Å². The molecule has 128 valence electrons. The van der Waals surface area contributed by atoms with Gasteiger partial charge in [-0.1, -0.05) is 0 Å². The SMILES string of the molecule is COc1ccc(CNc2cc(OC)c(F)cc2[N+](=O)[O-])c(OC)c1. The van der Waals surface area contributed by atoms with Crippen molar-refractivity contribution in [2.24, 2.45) is 0 Å². The van der Waals surface area contributed by atoms with Crippen molar-refractivity contribution < 1.29 is 23.5 Å². The molecule has 0 heterocycles. The van der Waals surface area contributed by atoms with Crippen LogP contribution in [0.1, 0.15) is 5.56 Å². The van der Waals surface area contributed by atoms with Gasteiger partial charge in [0.15, 0.2) is 11.6 Å². The molecule has 7 nitrogen and oxygen atoms in total. The van der Waals surface area contributed by atoms with Crippen LogP contribution in [-0.4, -0.2) is 26.3 Å². The molecule has 1 N–H and O–H groups in total. The van der Waals surface area contributed by atoms with Crippen molar-refractivity contribution in [3.8, 4) is 17.2 Å². The Kier molecular flexibility index (Phi) is 5.41. The predicted molar refractivity (Wildman–Crippen MR) is 86.5 cm³/mol. The van der Waals surface area contributed by atoms with E-state index in [2.05, 4.69) is 5.32 Å². The van der Waals surface area contributed by atoms with Gasteiger partial charge in [-0.2, -0.15) is 0 Å². The molecule has 0 saturated carbocycles. The lowest BCUT2D eigenvalue weighted by Gasteiger charge is -2.13. The molecule has 8 heteroatoms. The van der Waals surface area contributed by atoms with E-state index >= 15 is 0 Å². The first-order valence-corrected chi connectivity index (χ1v) is 6.96. The second-order valence-corrected chi connectivity index (χ2v) is 4.79. The molecule has 0 bridgehead atoms. The van der Waals surface area contributed by atoms with Crippen LogP contribution >= 0.6 is 0 Å². The van der Waals surface area contributed by atoms with E-state index in [0.29, 0.717) is 11.5 Å². The molecule has 24 heavy (non-hydrogen) atoms. The maximum Gasteiger partial charge on any atom is 0.295 e. The van der Waals surface area contributed by atoms with Crippen LogP contribution in [0.25, 0.3) is 0 Å². The molecular weight excluding hydrogens is 319 g/mol. The third-order valence-electron chi connectivity index (χ3n) is 3.43. The summed E-state index contributed by atoms with van der Waals surface area (Å²) in [6.07, 6.45) is 0. The van der Waals surface area contributed by atoms with E-state index in [0.717, 1.165) is 11.6 Å². The molecular formula is C16H17FN2O5. The van der Waals surface area contributed by atoms with Gasteiger partial charge < -0.3 is 19.5 Å². The summed E-state index contributed by atoms with van der Waals surface area (Å²) in [5, 5.41) is 14.0. The molecule has 0 radical (unpaired) electrons. The number of halogens is 1. The Morgan fingerprint density at radius 2 is 1.79 bits per heavy atom. The summed E-state index contributed by atoms with van der Waals surface area (Å²) >= 11 is 0. The molecule has 0 aliphatic rings. The van der Waals surface area contributed by atoms with Gasteiger partial charge in [0, 0.05) is 24.2 Å². The number of nitrogens with one attached hydrogen (secondary N) is 1. The van der Waals surface area contributed by atoms with E-state index in [1.807, 2.05) is 0 Å². The van der Waals surface area contributed by atoms with Crippen molar-refractivity contribution in [3.63, 3.8) is 0 Å². The Morgan fingerprint density at radius 1 is 1.08 bits per heavy atom. The monoisotopic (exact) mass is 336 g/mol. The van der Waals surface area contributed by atoms with Crippen LogP contribution < -0.4 is 19.5 Å². The van der Waals surface area contributed by atoms with Gasteiger partial charge in [0.25, 0.3) is 5.69 Å². The number of nitro groups is 1. The Labute approximate surface area is 138 Å². The van der Waals surface area contributed by atoms with Crippen molar-refractivity contribution in [3.05, 3.63) is 51.8 Å². The quantitative estimate of drug-likeness (QED) is 0.616. The highest BCUT2D eigenvalue weighted by atomic mass is 19.1. The molecule has 0 atom stereocenters. The highest BCUT2D eigenvalue weighted by Crippen LogP contribution is 2.33. The number of benzene rings is 2. The van der Waals surface area contributed by atoms with Crippen molar-refractivity contribution in [1.82, 2.24) is 0 Å². The maximum atomic E-state index is 13.7. The van der Waals surface area contributed by atoms with Gasteiger partial charge in [-0.15, -0.1) is 0 Å². The van der Waals surface area contributed by atoms with E-state index in [1.165, 1.54) is 20.3 Å². The van der Waals surface area contributed by atoms with Crippen LogP contribution in [0, 0.1) is 15.9 Å². The molecule has 2 aromatic carbocycles. The molecule has 0 fully saturated rings. The zero-order valence-electron chi connectivity index (χ0n) is 13.5. The molecule has 0 aromatic heterocycles. The average Bonchev–Trinajstić information content (AvgIpc) is 2.59. The van der Waals surface area contributed by atoms with Gasteiger partial charge >= 0.3 is 0 Å². The minimum Gasteiger partial charge on any atom is -0.497 e. The van der Waals surface area contributed by atoms with E-state index < -0.39 is 10.7 Å². The second kappa shape index (κ2) is 7.49. The fraction of sp³-hybridized carbons (Fsp3) is 0.250. The number of nitrogens with zero attached hydrogens (tertiary/aromatic N) is 1. The van der Waals surface area contributed by atoms with E-state index in [4.69, 9.17) is 14.2 Å². The zero-order chi connectivity index (χ0) is 17.7. The van der Waals surface area contributed by atoms with E-state index in [9.17, 15) is 14.5 Å². The van der Waals surface area contributed by atoms with Gasteiger partial charge in [0.05, 0.1) is 32.3 Å². The zero-order valence-corrected chi connectivity index (χ0v) is 13.5. The van der Waals surface area contributed by atoms with Crippen LogP contribution in [0.5, 0.6) is 17.2 Å². The standard InChI is InChI=1S/C16H17FN2O5/c1-22-11-5-4-10(15(6-11)23-2)9-18-13-8-16(24-3)12(17)7-14(13)19(20)21/h4-8,18H,9H2,1-3H3. The lowest BCUT2D eigenvalue weighted by molar-refractivity contribution is -0.384. The lowest BCUT2D eigenvalue weighted by Crippen LogP contribution is -2.05.